The van der Waals surface area contributed by atoms with Crippen molar-refractivity contribution in [1.29, 1.82) is 15.8 Å². The molecule has 0 fully saturated rings. The molecule has 234 valence electrons. The smallest absolute Gasteiger partial charge is 0.0992 e. The molecule has 4 heteroatoms. The number of fused-ring (bicyclic) bond motifs is 5. The number of aromatic nitrogens is 1. The van der Waals surface area contributed by atoms with Gasteiger partial charge in [-0.2, -0.15) is 15.8 Å². The van der Waals surface area contributed by atoms with Crippen LogP contribution in [-0.2, 0) is 0 Å². The van der Waals surface area contributed by atoms with Gasteiger partial charge in [-0.3, -0.25) is 0 Å². The zero-order valence-corrected chi connectivity index (χ0v) is 27.3. The highest BCUT2D eigenvalue weighted by Crippen LogP contribution is 2.47. The Morgan fingerprint density at radius 1 is 0.353 bits per heavy atom. The summed E-state index contributed by atoms with van der Waals surface area (Å²) in [7, 11) is 0. The first-order chi connectivity index (χ1) is 25.2. The lowest BCUT2D eigenvalue weighted by Gasteiger charge is -2.21. The average Bonchev–Trinajstić information content (AvgIpc) is 3.52. The van der Waals surface area contributed by atoms with Crippen molar-refractivity contribution in [2.75, 3.05) is 0 Å². The van der Waals surface area contributed by atoms with Crippen LogP contribution in [0.3, 0.4) is 0 Å². The van der Waals surface area contributed by atoms with Gasteiger partial charge in [-0.1, -0.05) is 109 Å². The Morgan fingerprint density at radius 2 is 0.804 bits per heavy atom. The van der Waals surface area contributed by atoms with Gasteiger partial charge in [0, 0.05) is 16.3 Å². The molecule has 0 radical (unpaired) electrons. The zero-order valence-electron chi connectivity index (χ0n) is 27.3. The fourth-order valence-corrected chi connectivity index (χ4v) is 7.71. The highest BCUT2D eigenvalue weighted by molar-refractivity contribution is 6.22. The monoisotopic (exact) mass is 646 g/mol. The van der Waals surface area contributed by atoms with Crippen LogP contribution in [0.4, 0.5) is 0 Å². The van der Waals surface area contributed by atoms with E-state index in [0.717, 1.165) is 60.5 Å². The lowest BCUT2D eigenvalue weighted by atomic mass is 9.83. The van der Waals surface area contributed by atoms with Gasteiger partial charge in [0.1, 0.15) is 0 Å². The third-order valence-corrected chi connectivity index (χ3v) is 9.87. The Morgan fingerprint density at radius 3 is 1.35 bits per heavy atom. The summed E-state index contributed by atoms with van der Waals surface area (Å²) in [6, 6.07) is 60.4. The summed E-state index contributed by atoms with van der Waals surface area (Å²) in [5.74, 6) is 0. The molecule has 0 aliphatic carbocycles. The number of hydrogen-bond donors (Lipinski definition) is 0. The van der Waals surface area contributed by atoms with E-state index in [9.17, 15) is 15.8 Å². The molecule has 1 aromatic heterocycles. The maximum Gasteiger partial charge on any atom is 0.0992 e. The van der Waals surface area contributed by atoms with Gasteiger partial charge in [0.25, 0.3) is 0 Å². The average molecular weight is 647 g/mol. The first-order valence-corrected chi connectivity index (χ1v) is 16.7. The maximum absolute atomic E-state index is 10.1. The fourth-order valence-electron chi connectivity index (χ4n) is 7.71. The molecule has 0 aliphatic heterocycles. The van der Waals surface area contributed by atoms with Crippen LogP contribution in [0.25, 0.3) is 82.4 Å². The normalized spacial score (nSPS) is 11.1. The topological polar surface area (TPSA) is 76.3 Å². The minimum Gasteiger partial charge on any atom is -0.309 e. The van der Waals surface area contributed by atoms with Crippen molar-refractivity contribution in [3.05, 3.63) is 174 Å². The van der Waals surface area contributed by atoms with Crippen molar-refractivity contribution < 1.29 is 0 Å². The minimum atomic E-state index is 0.534. The predicted octanol–water partition coefficient (Wildman–Crippen LogP) is 11.7. The second kappa shape index (κ2) is 11.9. The quantitative estimate of drug-likeness (QED) is 0.179. The number of nitriles is 3. The third kappa shape index (κ3) is 4.66. The van der Waals surface area contributed by atoms with E-state index in [2.05, 4.69) is 126 Å². The van der Waals surface area contributed by atoms with Crippen molar-refractivity contribution >= 4 is 43.4 Å². The van der Waals surface area contributed by atoms with Crippen molar-refractivity contribution in [3.8, 4) is 57.3 Å². The molecule has 8 aromatic carbocycles. The Labute approximate surface area is 294 Å². The number of hydrogen-bond acceptors (Lipinski definition) is 3. The molecule has 1 heterocycles. The first-order valence-electron chi connectivity index (χ1n) is 16.7. The lowest BCUT2D eigenvalue weighted by Crippen LogP contribution is -2.00. The van der Waals surface area contributed by atoms with Crippen LogP contribution in [0.2, 0.25) is 0 Å². The van der Waals surface area contributed by atoms with Gasteiger partial charge < -0.3 is 4.57 Å². The summed E-state index contributed by atoms with van der Waals surface area (Å²) in [5.41, 5.74) is 10.8. The number of rotatable bonds is 4. The molecule has 0 atom stereocenters. The molecule has 51 heavy (non-hydrogen) atoms. The molecule has 0 saturated heterocycles. The summed E-state index contributed by atoms with van der Waals surface area (Å²) in [6.45, 7) is 0. The Bertz CT molecular complexity index is 2870. The Kier molecular flexibility index (Phi) is 6.93. The van der Waals surface area contributed by atoms with Gasteiger partial charge in [-0.25, -0.2) is 0 Å². The molecular weight excluding hydrogens is 621 g/mol. The van der Waals surface area contributed by atoms with E-state index >= 15 is 0 Å². The van der Waals surface area contributed by atoms with Crippen molar-refractivity contribution in [2.45, 2.75) is 0 Å². The molecule has 0 bridgehead atoms. The van der Waals surface area contributed by atoms with Crippen LogP contribution in [0.15, 0.2) is 158 Å². The van der Waals surface area contributed by atoms with Crippen LogP contribution in [-0.4, -0.2) is 4.57 Å². The standard InChI is InChI=1S/C47H26N4/c48-27-30-19-22-43-41(24-30)42-25-31(28-49)20-23-44(42)51(43)45-26-32(29-50)18-21-35(45)34-12-4-5-13-36(34)47-39-16-8-6-14-37(39)46(33-10-2-1-3-11-33)38-15-7-9-17-40(38)47/h1-26H. The second-order valence-corrected chi connectivity index (χ2v) is 12.6. The molecule has 0 N–H and O–H groups in total. The van der Waals surface area contributed by atoms with Gasteiger partial charge in [0.05, 0.1) is 51.6 Å². The molecule has 0 amide bonds. The summed E-state index contributed by atoms with van der Waals surface area (Å²) >= 11 is 0. The van der Waals surface area contributed by atoms with Gasteiger partial charge >= 0.3 is 0 Å². The van der Waals surface area contributed by atoms with Gasteiger partial charge in [0.15, 0.2) is 0 Å². The molecule has 9 rings (SSSR count). The molecule has 0 unspecified atom stereocenters. The summed E-state index contributed by atoms with van der Waals surface area (Å²) in [5, 5.41) is 36.1. The largest absolute Gasteiger partial charge is 0.309 e. The number of benzene rings is 8. The van der Waals surface area contributed by atoms with E-state index < -0.39 is 0 Å². The van der Waals surface area contributed by atoms with Gasteiger partial charge in [-0.15, -0.1) is 0 Å². The van der Waals surface area contributed by atoms with E-state index in [1.165, 1.54) is 21.9 Å². The van der Waals surface area contributed by atoms with Crippen molar-refractivity contribution in [1.82, 2.24) is 4.57 Å². The second-order valence-electron chi connectivity index (χ2n) is 12.6. The molecule has 4 nitrogen and oxygen atoms in total. The molecular formula is C47H26N4. The third-order valence-electron chi connectivity index (χ3n) is 9.87. The van der Waals surface area contributed by atoms with Crippen LogP contribution in [0.1, 0.15) is 16.7 Å². The van der Waals surface area contributed by atoms with E-state index in [1.807, 2.05) is 54.6 Å². The maximum atomic E-state index is 10.1. The molecule has 0 aliphatic rings. The minimum absolute atomic E-state index is 0.534. The van der Waals surface area contributed by atoms with E-state index in [4.69, 9.17) is 0 Å². The fraction of sp³-hybridized carbons (Fsp3) is 0. The molecule has 0 spiro atoms. The van der Waals surface area contributed by atoms with Crippen molar-refractivity contribution in [2.24, 2.45) is 0 Å². The van der Waals surface area contributed by atoms with Crippen LogP contribution in [0, 0.1) is 34.0 Å². The van der Waals surface area contributed by atoms with Crippen molar-refractivity contribution in [3.63, 3.8) is 0 Å². The van der Waals surface area contributed by atoms with Gasteiger partial charge in [-0.05, 0) is 97.9 Å². The zero-order chi connectivity index (χ0) is 34.5. The SMILES string of the molecule is N#Cc1ccc(-c2ccccc2-c2c3ccccc3c(-c3ccccc3)c3ccccc23)c(-n2c3ccc(C#N)cc3c3cc(C#N)ccc32)c1. The van der Waals surface area contributed by atoms with E-state index in [-0.39, 0.29) is 0 Å². The predicted molar refractivity (Wildman–Crippen MR) is 206 cm³/mol. The Hall–Kier alpha value is -7.45. The van der Waals surface area contributed by atoms with E-state index in [0.29, 0.717) is 16.7 Å². The summed E-state index contributed by atoms with van der Waals surface area (Å²) in [4.78, 5) is 0. The lowest BCUT2D eigenvalue weighted by molar-refractivity contribution is 1.18. The molecule has 0 saturated carbocycles. The number of nitrogens with zero attached hydrogens (tertiary/aromatic N) is 4. The first kappa shape index (κ1) is 29.7. The molecule has 9 aromatic rings. The van der Waals surface area contributed by atoms with E-state index in [1.54, 1.807) is 0 Å². The van der Waals surface area contributed by atoms with Gasteiger partial charge in [0.2, 0.25) is 0 Å². The summed E-state index contributed by atoms with van der Waals surface area (Å²) < 4.78 is 2.16. The van der Waals surface area contributed by atoms with Crippen LogP contribution < -0.4 is 0 Å². The van der Waals surface area contributed by atoms with Crippen LogP contribution >= 0.6 is 0 Å². The highest BCUT2D eigenvalue weighted by atomic mass is 15.0. The van der Waals surface area contributed by atoms with Crippen LogP contribution in [0.5, 0.6) is 0 Å². The highest BCUT2D eigenvalue weighted by Gasteiger charge is 2.22. The summed E-state index contributed by atoms with van der Waals surface area (Å²) in [6.07, 6.45) is 0. The Balaban J connectivity index is 1.39.